The first-order valence-corrected chi connectivity index (χ1v) is 16.9. The minimum absolute atomic E-state index is 0.0157. The number of nitrogens with one attached hydrogen (secondary N) is 2. The van der Waals surface area contributed by atoms with Crippen LogP contribution in [0.5, 0.6) is 11.6 Å². The van der Waals surface area contributed by atoms with Crippen molar-refractivity contribution in [3.05, 3.63) is 42.6 Å². The topological polar surface area (TPSA) is 156 Å². The van der Waals surface area contributed by atoms with Crippen LogP contribution in [0.1, 0.15) is 60.3 Å². The number of nitrogens with zero attached hydrogens (tertiary/aromatic N) is 2. The zero-order valence-electron chi connectivity index (χ0n) is 27.7. The number of carboxylic acid groups (broad SMARTS) is 1. The maximum Gasteiger partial charge on any atom is 0.408 e. The molecule has 0 bridgehead atoms. The third-order valence-electron chi connectivity index (χ3n) is 8.77. The van der Waals surface area contributed by atoms with Gasteiger partial charge in [0.2, 0.25) is 17.7 Å². The van der Waals surface area contributed by atoms with Crippen LogP contribution in [0.15, 0.2) is 42.6 Å². The van der Waals surface area contributed by atoms with Crippen molar-refractivity contribution < 1.29 is 38.5 Å². The Labute approximate surface area is 279 Å². The number of rotatable bonds is 5. The van der Waals surface area contributed by atoms with Crippen molar-refractivity contribution in [1.82, 2.24) is 20.5 Å². The number of aliphatic carboxylic acids is 1. The van der Waals surface area contributed by atoms with Gasteiger partial charge in [-0.1, -0.05) is 12.2 Å². The highest BCUT2D eigenvalue weighted by molar-refractivity contribution is 8.00. The third-order valence-corrected chi connectivity index (χ3v) is 10.2. The number of carboxylic acids is 1. The molecule has 1 saturated heterocycles. The first kappa shape index (κ1) is 34.3. The van der Waals surface area contributed by atoms with E-state index in [4.69, 9.17) is 14.2 Å². The van der Waals surface area contributed by atoms with Crippen LogP contribution in [0.2, 0.25) is 0 Å². The van der Waals surface area contributed by atoms with E-state index in [2.05, 4.69) is 15.6 Å². The third kappa shape index (κ3) is 7.61. The standard InChI is InChI=1S/C34H44N4O8S/c1-32(2,3)46-31(43)36-26-29(40)38-19-23(45-28-24-12-11-22(44-6)16-20(24)13-14-35-28)17-25(38)27(39)37-34(30(41)42)18-21(34)10-8-7-9-15-47-33(26,4)5/h8,10-14,16,21,23,25-26H,7,9,15,17-19H2,1-6H3,(H,36,43)(H,37,39)(H,41,42)/t21-,23-,25+,26-,34-/m1/s1. The summed E-state index contributed by atoms with van der Waals surface area (Å²) in [6.45, 7) is 8.99. The molecule has 0 unspecified atom stereocenters. The Morgan fingerprint density at radius 3 is 2.66 bits per heavy atom. The summed E-state index contributed by atoms with van der Waals surface area (Å²) >= 11 is 1.54. The number of benzene rings is 1. The Bertz CT molecular complexity index is 1570. The van der Waals surface area contributed by atoms with Gasteiger partial charge in [-0.05, 0) is 89.3 Å². The zero-order valence-corrected chi connectivity index (χ0v) is 28.5. The lowest BCUT2D eigenvalue weighted by Gasteiger charge is -2.37. The summed E-state index contributed by atoms with van der Waals surface area (Å²) in [6, 6.07) is 5.20. The number of thioether (sulfide) groups is 1. The van der Waals surface area contributed by atoms with Crippen molar-refractivity contribution >= 4 is 46.4 Å². The van der Waals surface area contributed by atoms with Crippen LogP contribution in [0.3, 0.4) is 0 Å². The van der Waals surface area contributed by atoms with Gasteiger partial charge in [-0.15, -0.1) is 0 Å². The summed E-state index contributed by atoms with van der Waals surface area (Å²) in [7, 11) is 1.58. The summed E-state index contributed by atoms with van der Waals surface area (Å²) in [4.78, 5) is 59.9. The monoisotopic (exact) mass is 668 g/mol. The normalized spacial score (nSPS) is 27.8. The van der Waals surface area contributed by atoms with Gasteiger partial charge in [0.1, 0.15) is 35.1 Å². The Hall–Kier alpha value is -4.00. The molecule has 2 aliphatic heterocycles. The molecular formula is C34H44N4O8S. The quantitative estimate of drug-likeness (QED) is 0.393. The SMILES string of the molecule is COc1ccc2c(O[C@@H]3C[C@H]4C(=O)N[C@]5(C(=O)O)C[C@H]5C=CCCCSC(C)(C)[C@H](NC(=O)OC(C)(C)C)C(=O)N4C3)nccc2c1. The number of carbonyl (C=O) groups excluding carboxylic acids is 3. The van der Waals surface area contributed by atoms with E-state index >= 15 is 0 Å². The fourth-order valence-corrected chi connectivity index (χ4v) is 7.32. The van der Waals surface area contributed by atoms with Crippen molar-refractivity contribution in [2.24, 2.45) is 5.92 Å². The molecule has 0 radical (unpaired) electrons. The van der Waals surface area contributed by atoms with E-state index in [0.29, 0.717) is 23.8 Å². The van der Waals surface area contributed by atoms with Crippen molar-refractivity contribution in [3.63, 3.8) is 0 Å². The summed E-state index contributed by atoms with van der Waals surface area (Å²) in [5.74, 6) is -0.850. The van der Waals surface area contributed by atoms with Crippen LogP contribution in [0.4, 0.5) is 4.79 Å². The maximum atomic E-state index is 14.6. The molecule has 0 spiro atoms. The van der Waals surface area contributed by atoms with E-state index in [0.717, 1.165) is 17.2 Å². The smallest absolute Gasteiger partial charge is 0.408 e. The van der Waals surface area contributed by atoms with E-state index in [1.165, 1.54) is 4.90 Å². The fourth-order valence-electron chi connectivity index (χ4n) is 6.15. The molecule has 13 heteroatoms. The highest BCUT2D eigenvalue weighted by Gasteiger charge is 2.61. The van der Waals surface area contributed by atoms with E-state index in [1.807, 2.05) is 44.2 Å². The Morgan fingerprint density at radius 2 is 1.96 bits per heavy atom. The predicted molar refractivity (Wildman–Crippen MR) is 178 cm³/mol. The summed E-state index contributed by atoms with van der Waals surface area (Å²) in [5.41, 5.74) is -2.24. The Morgan fingerprint density at radius 1 is 1.19 bits per heavy atom. The van der Waals surface area contributed by atoms with Crippen molar-refractivity contribution in [3.8, 4) is 11.6 Å². The lowest BCUT2D eigenvalue weighted by Crippen LogP contribution is -2.61. The number of hydrogen-bond donors (Lipinski definition) is 3. The van der Waals surface area contributed by atoms with E-state index in [1.54, 1.807) is 51.9 Å². The van der Waals surface area contributed by atoms with Gasteiger partial charge in [-0.3, -0.25) is 9.59 Å². The molecule has 12 nitrogen and oxygen atoms in total. The first-order valence-electron chi connectivity index (χ1n) is 15.9. The van der Waals surface area contributed by atoms with Gasteiger partial charge in [-0.2, -0.15) is 11.8 Å². The molecule has 1 saturated carbocycles. The summed E-state index contributed by atoms with van der Waals surface area (Å²) in [6.07, 6.45) is 5.88. The van der Waals surface area contributed by atoms with Crippen molar-refractivity contribution in [2.45, 2.75) is 94.4 Å². The number of aromatic nitrogens is 1. The van der Waals surface area contributed by atoms with Gasteiger partial charge < -0.3 is 34.9 Å². The second kappa shape index (κ2) is 13.2. The lowest BCUT2D eigenvalue weighted by atomic mass is 10.0. The minimum atomic E-state index is -1.44. The van der Waals surface area contributed by atoms with Gasteiger partial charge >= 0.3 is 12.1 Å². The number of fused-ring (bicyclic) bond motifs is 3. The summed E-state index contributed by atoms with van der Waals surface area (Å²) < 4.78 is 16.5. The highest BCUT2D eigenvalue weighted by Crippen LogP contribution is 2.45. The average molecular weight is 669 g/mol. The van der Waals surface area contributed by atoms with Crippen LogP contribution in [0, 0.1) is 5.92 Å². The van der Waals surface area contributed by atoms with E-state index < -0.39 is 58.0 Å². The molecule has 3 aliphatic rings. The van der Waals surface area contributed by atoms with Gasteiger partial charge in [0.15, 0.2) is 0 Å². The Balaban J connectivity index is 1.50. The fraction of sp³-hybridized carbons (Fsp3) is 0.559. The number of alkyl carbamates (subject to hydrolysis) is 1. The zero-order chi connectivity index (χ0) is 34.1. The molecule has 3 heterocycles. The number of ether oxygens (including phenoxy) is 3. The van der Waals surface area contributed by atoms with Gasteiger partial charge in [0.05, 0.1) is 13.7 Å². The van der Waals surface area contributed by atoms with Crippen molar-refractivity contribution in [1.29, 1.82) is 0 Å². The molecule has 2 fully saturated rings. The van der Waals surface area contributed by atoms with Crippen LogP contribution < -0.4 is 20.1 Å². The molecule has 3 N–H and O–H groups in total. The minimum Gasteiger partial charge on any atom is -0.497 e. The molecule has 5 rings (SSSR count). The average Bonchev–Trinajstić information content (AvgIpc) is 3.53. The number of carbonyl (C=O) groups is 4. The molecule has 254 valence electrons. The van der Waals surface area contributed by atoms with E-state index in [-0.39, 0.29) is 25.3 Å². The molecule has 3 amide bonds. The molecule has 2 aromatic rings. The molecule has 1 aromatic carbocycles. The predicted octanol–water partition coefficient (Wildman–Crippen LogP) is 4.31. The van der Waals surface area contributed by atoms with Gasteiger partial charge in [0, 0.05) is 28.7 Å². The van der Waals surface area contributed by atoms with E-state index in [9.17, 15) is 24.3 Å². The van der Waals surface area contributed by atoms with Gasteiger partial charge in [-0.25, -0.2) is 14.6 Å². The number of pyridine rings is 1. The van der Waals surface area contributed by atoms with Crippen LogP contribution >= 0.6 is 11.8 Å². The largest absolute Gasteiger partial charge is 0.497 e. The maximum absolute atomic E-state index is 14.6. The Kier molecular flexibility index (Phi) is 9.68. The molecular weight excluding hydrogens is 624 g/mol. The van der Waals surface area contributed by atoms with Crippen LogP contribution in [-0.4, -0.2) is 92.3 Å². The second-order valence-corrected chi connectivity index (χ2v) is 15.6. The molecule has 5 atom stereocenters. The molecule has 1 aromatic heterocycles. The van der Waals surface area contributed by atoms with Gasteiger partial charge in [0.25, 0.3) is 0 Å². The number of amides is 3. The molecule has 47 heavy (non-hydrogen) atoms. The summed E-state index contributed by atoms with van der Waals surface area (Å²) in [5, 5.41) is 17.3. The number of methoxy groups -OCH3 is 1. The van der Waals surface area contributed by atoms with Crippen LogP contribution in [-0.2, 0) is 19.1 Å². The number of hydrogen-bond acceptors (Lipinski definition) is 9. The molecule has 1 aliphatic carbocycles. The first-order chi connectivity index (χ1) is 22.1. The van der Waals surface area contributed by atoms with Crippen LogP contribution in [0.25, 0.3) is 10.8 Å². The van der Waals surface area contributed by atoms with Crippen molar-refractivity contribution in [2.75, 3.05) is 19.4 Å². The highest BCUT2D eigenvalue weighted by atomic mass is 32.2. The lowest BCUT2D eigenvalue weighted by molar-refractivity contribution is -0.145. The number of allylic oxidation sites excluding steroid dienone is 1. The second-order valence-electron chi connectivity index (χ2n) is 13.9.